The first-order chi connectivity index (χ1) is 9.90. The van der Waals surface area contributed by atoms with Crippen LogP contribution < -0.4 is 10.1 Å². The molecule has 0 saturated carbocycles. The predicted molar refractivity (Wildman–Crippen MR) is 82.3 cm³/mol. The van der Waals surface area contributed by atoms with Gasteiger partial charge in [-0.25, -0.2) is 0 Å². The molecule has 0 bridgehead atoms. The van der Waals surface area contributed by atoms with Crippen molar-refractivity contribution < 1.29 is 4.74 Å². The van der Waals surface area contributed by atoms with Gasteiger partial charge in [-0.2, -0.15) is 0 Å². The molecule has 104 valence electrons. The number of ether oxygens (including phenoxy) is 1. The molecular formula is C18H21NO. The van der Waals surface area contributed by atoms with Crippen molar-refractivity contribution >= 4 is 0 Å². The Bertz CT molecular complexity index is 534. The first-order valence-corrected chi connectivity index (χ1v) is 7.49. The predicted octanol–water partition coefficient (Wildman–Crippen LogP) is 4.66. The Morgan fingerprint density at radius 1 is 0.900 bits per heavy atom. The molecule has 0 aromatic heterocycles. The lowest BCUT2D eigenvalue weighted by Crippen LogP contribution is -2.26. The highest BCUT2D eigenvalue weighted by atomic mass is 16.5. The van der Waals surface area contributed by atoms with E-state index >= 15 is 0 Å². The minimum absolute atomic E-state index is 0.244. The molecule has 2 aromatic rings. The van der Waals surface area contributed by atoms with Crippen LogP contribution in [0.3, 0.4) is 0 Å². The maximum atomic E-state index is 6.00. The van der Waals surface area contributed by atoms with E-state index in [-0.39, 0.29) is 6.04 Å². The molecule has 0 atom stereocenters. The third-order valence-corrected chi connectivity index (χ3v) is 3.81. The Balaban J connectivity index is 1.87. The van der Waals surface area contributed by atoms with E-state index < -0.39 is 0 Å². The number of para-hydroxylation sites is 2. The number of benzene rings is 2. The van der Waals surface area contributed by atoms with E-state index in [1.165, 1.54) is 30.4 Å². The van der Waals surface area contributed by atoms with Crippen molar-refractivity contribution in [3.63, 3.8) is 0 Å². The summed E-state index contributed by atoms with van der Waals surface area (Å²) >= 11 is 0. The Hall–Kier alpha value is -1.80. The third kappa shape index (κ3) is 2.56. The molecule has 0 amide bonds. The van der Waals surface area contributed by atoms with Crippen molar-refractivity contribution in [3.8, 4) is 11.5 Å². The monoisotopic (exact) mass is 267 g/mol. The number of nitrogens with one attached hydrogen (secondary N) is 1. The fraction of sp³-hybridized carbons (Fsp3) is 0.333. The summed E-state index contributed by atoms with van der Waals surface area (Å²) in [4.78, 5) is 0. The Morgan fingerprint density at radius 3 is 2.10 bits per heavy atom. The topological polar surface area (TPSA) is 21.3 Å². The molecular weight excluding hydrogens is 246 g/mol. The van der Waals surface area contributed by atoms with Crippen molar-refractivity contribution in [2.75, 3.05) is 6.54 Å². The minimum atomic E-state index is 0.244. The van der Waals surface area contributed by atoms with Gasteiger partial charge < -0.3 is 10.1 Å². The summed E-state index contributed by atoms with van der Waals surface area (Å²) in [6, 6.07) is 16.9. The standard InChI is InChI=1S/C18H21NO/c1-2-3-8-13-19-18-14-9-4-6-11-16(14)20-17-12-7-5-10-15(17)18/h4-7,9-12,18-19H,2-3,8,13H2,1H3. The van der Waals surface area contributed by atoms with E-state index in [4.69, 9.17) is 4.74 Å². The van der Waals surface area contributed by atoms with Crippen LogP contribution in [-0.4, -0.2) is 6.54 Å². The van der Waals surface area contributed by atoms with Crippen LogP contribution in [-0.2, 0) is 0 Å². The van der Waals surface area contributed by atoms with Gasteiger partial charge in [0.25, 0.3) is 0 Å². The van der Waals surface area contributed by atoms with Gasteiger partial charge >= 0.3 is 0 Å². The lowest BCUT2D eigenvalue weighted by molar-refractivity contribution is 0.426. The average Bonchev–Trinajstić information content (AvgIpc) is 2.50. The number of rotatable bonds is 5. The highest BCUT2D eigenvalue weighted by Crippen LogP contribution is 2.42. The van der Waals surface area contributed by atoms with Crippen molar-refractivity contribution in [1.29, 1.82) is 0 Å². The second kappa shape index (κ2) is 6.10. The molecule has 1 N–H and O–H groups in total. The lowest BCUT2D eigenvalue weighted by Gasteiger charge is -2.29. The molecule has 2 nitrogen and oxygen atoms in total. The normalized spacial score (nSPS) is 13.4. The van der Waals surface area contributed by atoms with Crippen LogP contribution in [0.2, 0.25) is 0 Å². The van der Waals surface area contributed by atoms with Gasteiger partial charge in [0.2, 0.25) is 0 Å². The van der Waals surface area contributed by atoms with E-state index in [1.807, 2.05) is 24.3 Å². The van der Waals surface area contributed by atoms with Crippen LogP contribution in [0.15, 0.2) is 48.5 Å². The molecule has 1 aliphatic heterocycles. The van der Waals surface area contributed by atoms with Crippen LogP contribution >= 0.6 is 0 Å². The lowest BCUT2D eigenvalue weighted by atomic mass is 9.94. The number of fused-ring (bicyclic) bond motifs is 2. The van der Waals surface area contributed by atoms with Crippen LogP contribution in [0.5, 0.6) is 11.5 Å². The molecule has 1 heterocycles. The van der Waals surface area contributed by atoms with E-state index in [1.54, 1.807) is 0 Å². The van der Waals surface area contributed by atoms with Gasteiger partial charge in [0.1, 0.15) is 11.5 Å². The summed E-state index contributed by atoms with van der Waals surface area (Å²) in [7, 11) is 0. The maximum absolute atomic E-state index is 6.00. The van der Waals surface area contributed by atoms with Crippen molar-refractivity contribution in [3.05, 3.63) is 59.7 Å². The fourth-order valence-electron chi connectivity index (χ4n) is 2.75. The molecule has 0 radical (unpaired) electrons. The number of hydrogen-bond donors (Lipinski definition) is 1. The summed E-state index contributed by atoms with van der Waals surface area (Å²) in [5.74, 6) is 1.94. The summed E-state index contributed by atoms with van der Waals surface area (Å²) in [5, 5.41) is 3.69. The number of hydrogen-bond acceptors (Lipinski definition) is 2. The van der Waals surface area contributed by atoms with Gasteiger partial charge in [-0.1, -0.05) is 56.2 Å². The quantitative estimate of drug-likeness (QED) is 0.795. The van der Waals surface area contributed by atoms with Gasteiger partial charge in [0.15, 0.2) is 0 Å². The molecule has 1 aliphatic rings. The van der Waals surface area contributed by atoms with Gasteiger partial charge in [0, 0.05) is 11.1 Å². The highest BCUT2D eigenvalue weighted by Gasteiger charge is 2.25. The fourth-order valence-corrected chi connectivity index (χ4v) is 2.75. The molecule has 0 spiro atoms. The largest absolute Gasteiger partial charge is 0.457 e. The summed E-state index contributed by atoms with van der Waals surface area (Å²) in [5.41, 5.74) is 2.48. The molecule has 2 heteroatoms. The molecule has 2 aromatic carbocycles. The average molecular weight is 267 g/mol. The van der Waals surface area contributed by atoms with E-state index in [2.05, 4.69) is 36.5 Å². The zero-order valence-corrected chi connectivity index (χ0v) is 11.9. The molecule has 20 heavy (non-hydrogen) atoms. The van der Waals surface area contributed by atoms with E-state index in [9.17, 15) is 0 Å². The van der Waals surface area contributed by atoms with E-state index in [0.717, 1.165) is 18.0 Å². The maximum Gasteiger partial charge on any atom is 0.132 e. The first kappa shape index (κ1) is 13.2. The van der Waals surface area contributed by atoms with Gasteiger partial charge in [-0.15, -0.1) is 0 Å². The summed E-state index contributed by atoms with van der Waals surface area (Å²) < 4.78 is 6.00. The van der Waals surface area contributed by atoms with Gasteiger partial charge in [0.05, 0.1) is 6.04 Å². The molecule has 0 saturated heterocycles. The second-order valence-electron chi connectivity index (χ2n) is 5.27. The molecule has 0 unspecified atom stereocenters. The molecule has 3 rings (SSSR count). The van der Waals surface area contributed by atoms with Crippen LogP contribution in [0, 0.1) is 0 Å². The van der Waals surface area contributed by atoms with Crippen molar-refractivity contribution in [2.24, 2.45) is 0 Å². The van der Waals surface area contributed by atoms with Gasteiger partial charge in [-0.3, -0.25) is 0 Å². The zero-order valence-electron chi connectivity index (χ0n) is 11.9. The minimum Gasteiger partial charge on any atom is -0.457 e. The molecule has 0 fully saturated rings. The van der Waals surface area contributed by atoms with Crippen molar-refractivity contribution in [2.45, 2.75) is 32.2 Å². The zero-order chi connectivity index (χ0) is 13.8. The Kier molecular flexibility index (Phi) is 4.03. The Morgan fingerprint density at radius 2 is 1.50 bits per heavy atom. The van der Waals surface area contributed by atoms with Gasteiger partial charge in [-0.05, 0) is 25.1 Å². The summed E-state index contributed by atoms with van der Waals surface area (Å²) in [6.45, 7) is 3.28. The van der Waals surface area contributed by atoms with E-state index in [0.29, 0.717) is 0 Å². The van der Waals surface area contributed by atoms with Crippen molar-refractivity contribution in [1.82, 2.24) is 5.32 Å². The first-order valence-electron chi connectivity index (χ1n) is 7.49. The van der Waals surface area contributed by atoms with Crippen LogP contribution in [0.25, 0.3) is 0 Å². The molecule has 0 aliphatic carbocycles. The van der Waals surface area contributed by atoms with Crippen LogP contribution in [0.1, 0.15) is 43.4 Å². The van der Waals surface area contributed by atoms with Crippen LogP contribution in [0.4, 0.5) is 0 Å². The highest BCUT2D eigenvalue weighted by molar-refractivity contribution is 5.52. The second-order valence-corrected chi connectivity index (χ2v) is 5.27. The Labute approximate surface area is 120 Å². The summed E-state index contributed by atoms with van der Waals surface area (Å²) in [6.07, 6.45) is 3.75. The SMILES string of the molecule is CCCCCNC1c2ccccc2Oc2ccccc21. The number of unbranched alkanes of at least 4 members (excludes halogenated alkanes) is 2. The third-order valence-electron chi connectivity index (χ3n) is 3.81. The smallest absolute Gasteiger partial charge is 0.132 e.